The Morgan fingerprint density at radius 3 is 2.88 bits per heavy atom. The van der Waals surface area contributed by atoms with Crippen molar-refractivity contribution in [3.8, 4) is 0 Å². The second kappa shape index (κ2) is 3.71. The molecule has 0 saturated heterocycles. The van der Waals surface area contributed by atoms with E-state index in [1.165, 1.54) is 17.7 Å². The number of hydrogen-bond acceptors (Lipinski definition) is 4. The Balaban J connectivity index is 2.97. The lowest BCUT2D eigenvalue weighted by molar-refractivity contribution is 0.0695. The van der Waals surface area contributed by atoms with Gasteiger partial charge in [0.15, 0.2) is 0 Å². The average molecular weight is 238 g/mol. The molecule has 0 aliphatic carbocycles. The number of rotatable bonds is 2. The molecule has 84 valence electrons. The summed E-state index contributed by atoms with van der Waals surface area (Å²) in [6.45, 7) is 4.22. The molecule has 1 N–H and O–H groups in total. The zero-order chi connectivity index (χ0) is 11.9. The molecule has 16 heavy (non-hydrogen) atoms. The van der Waals surface area contributed by atoms with Gasteiger partial charge in [0.1, 0.15) is 10.4 Å². The molecule has 0 unspecified atom stereocenters. The highest BCUT2D eigenvalue weighted by Crippen LogP contribution is 2.19. The standard InChI is InChI=1S/C10H10N2O3S/c1-3-12-4-6(10(14)15)8(13)7-5(2)11-16-9(7)12/h4H,3H2,1-2H3,(H,14,15). The van der Waals surface area contributed by atoms with E-state index in [1.807, 2.05) is 6.92 Å². The van der Waals surface area contributed by atoms with Crippen LogP contribution in [-0.2, 0) is 6.54 Å². The van der Waals surface area contributed by atoms with Crippen LogP contribution in [0.3, 0.4) is 0 Å². The number of hydrogen-bond donors (Lipinski definition) is 1. The van der Waals surface area contributed by atoms with E-state index in [4.69, 9.17) is 5.11 Å². The highest BCUT2D eigenvalue weighted by Gasteiger charge is 2.17. The minimum Gasteiger partial charge on any atom is -0.477 e. The van der Waals surface area contributed by atoms with E-state index in [-0.39, 0.29) is 5.56 Å². The molecule has 2 aromatic rings. The second-order valence-electron chi connectivity index (χ2n) is 3.41. The van der Waals surface area contributed by atoms with Gasteiger partial charge in [0.05, 0.1) is 11.1 Å². The van der Waals surface area contributed by atoms with Gasteiger partial charge in [-0.05, 0) is 25.4 Å². The predicted molar refractivity (Wildman–Crippen MR) is 61.3 cm³/mol. The summed E-state index contributed by atoms with van der Waals surface area (Å²) in [5.41, 5.74) is -0.0496. The van der Waals surface area contributed by atoms with Gasteiger partial charge in [-0.25, -0.2) is 4.79 Å². The van der Waals surface area contributed by atoms with E-state index in [0.717, 1.165) is 4.83 Å². The van der Waals surface area contributed by atoms with Crippen LogP contribution in [0, 0.1) is 6.92 Å². The number of carbonyl (C=O) groups is 1. The summed E-state index contributed by atoms with van der Waals surface area (Å²) in [5.74, 6) is -1.19. The van der Waals surface area contributed by atoms with E-state index < -0.39 is 11.4 Å². The number of aromatic carboxylic acids is 1. The monoisotopic (exact) mass is 238 g/mol. The van der Waals surface area contributed by atoms with Gasteiger partial charge in [0.2, 0.25) is 5.43 Å². The van der Waals surface area contributed by atoms with Crippen LogP contribution in [0.15, 0.2) is 11.0 Å². The van der Waals surface area contributed by atoms with Crippen molar-refractivity contribution in [2.24, 2.45) is 0 Å². The summed E-state index contributed by atoms with van der Waals surface area (Å²) >= 11 is 1.22. The van der Waals surface area contributed by atoms with Crippen molar-refractivity contribution in [1.82, 2.24) is 8.94 Å². The molecular weight excluding hydrogens is 228 g/mol. The molecule has 0 amide bonds. The molecule has 0 atom stereocenters. The van der Waals surface area contributed by atoms with Crippen LogP contribution >= 0.6 is 11.5 Å². The number of nitrogens with zero attached hydrogens (tertiary/aromatic N) is 2. The Labute approximate surface area is 95.1 Å². The molecule has 0 aliphatic rings. The van der Waals surface area contributed by atoms with Crippen molar-refractivity contribution >= 4 is 27.7 Å². The summed E-state index contributed by atoms with van der Waals surface area (Å²) in [5, 5.41) is 9.37. The van der Waals surface area contributed by atoms with E-state index in [0.29, 0.717) is 17.6 Å². The van der Waals surface area contributed by atoms with Crippen LogP contribution in [0.2, 0.25) is 0 Å². The Kier molecular flexibility index (Phi) is 2.51. The highest BCUT2D eigenvalue weighted by molar-refractivity contribution is 7.13. The SMILES string of the molecule is CCn1cc(C(=O)O)c(=O)c2c(C)nsc21. The van der Waals surface area contributed by atoms with Crippen molar-refractivity contribution in [3.05, 3.63) is 27.7 Å². The van der Waals surface area contributed by atoms with Crippen LogP contribution in [0.1, 0.15) is 23.0 Å². The van der Waals surface area contributed by atoms with Gasteiger partial charge in [0.25, 0.3) is 0 Å². The van der Waals surface area contributed by atoms with E-state index in [1.54, 1.807) is 11.5 Å². The van der Waals surface area contributed by atoms with Gasteiger partial charge in [-0.1, -0.05) is 0 Å². The zero-order valence-corrected chi connectivity index (χ0v) is 9.67. The maximum atomic E-state index is 11.9. The lowest BCUT2D eigenvalue weighted by Gasteiger charge is -2.05. The fourth-order valence-electron chi connectivity index (χ4n) is 1.61. The fourth-order valence-corrected chi connectivity index (χ4v) is 2.54. The molecule has 0 aromatic carbocycles. The van der Waals surface area contributed by atoms with Crippen LogP contribution in [0.25, 0.3) is 10.2 Å². The highest BCUT2D eigenvalue weighted by atomic mass is 32.1. The van der Waals surface area contributed by atoms with E-state index >= 15 is 0 Å². The summed E-state index contributed by atoms with van der Waals surface area (Å²) in [4.78, 5) is 23.6. The first kappa shape index (κ1) is 10.8. The smallest absolute Gasteiger partial charge is 0.341 e. The molecule has 5 nitrogen and oxygen atoms in total. The van der Waals surface area contributed by atoms with Crippen molar-refractivity contribution < 1.29 is 9.90 Å². The Morgan fingerprint density at radius 1 is 1.62 bits per heavy atom. The Morgan fingerprint density at radius 2 is 2.31 bits per heavy atom. The van der Waals surface area contributed by atoms with Crippen molar-refractivity contribution in [2.45, 2.75) is 20.4 Å². The number of carboxylic acid groups (broad SMARTS) is 1. The molecular formula is C10H10N2O3S. The molecule has 0 spiro atoms. The van der Waals surface area contributed by atoms with Crippen LogP contribution in [0.4, 0.5) is 0 Å². The maximum absolute atomic E-state index is 11.9. The number of pyridine rings is 1. The molecule has 0 aliphatic heterocycles. The van der Waals surface area contributed by atoms with Crippen LogP contribution < -0.4 is 5.43 Å². The van der Waals surface area contributed by atoms with Crippen molar-refractivity contribution in [2.75, 3.05) is 0 Å². The van der Waals surface area contributed by atoms with E-state index in [9.17, 15) is 9.59 Å². The normalized spacial score (nSPS) is 10.9. The Hall–Kier alpha value is -1.69. The van der Waals surface area contributed by atoms with Gasteiger partial charge in [-0.15, -0.1) is 0 Å². The van der Waals surface area contributed by atoms with Gasteiger partial charge in [-0.2, -0.15) is 4.37 Å². The second-order valence-corrected chi connectivity index (χ2v) is 4.16. The van der Waals surface area contributed by atoms with Gasteiger partial charge in [0, 0.05) is 12.7 Å². The predicted octanol–water partition coefficient (Wildman–Crippen LogP) is 1.48. The molecule has 6 heteroatoms. The molecule has 2 heterocycles. The third-order valence-electron chi connectivity index (χ3n) is 2.43. The Bertz CT molecular complexity index is 627. The molecule has 0 radical (unpaired) electrons. The minimum absolute atomic E-state index is 0.197. The summed E-state index contributed by atoms with van der Waals surface area (Å²) in [6, 6.07) is 0. The number of carboxylic acids is 1. The maximum Gasteiger partial charge on any atom is 0.341 e. The largest absolute Gasteiger partial charge is 0.477 e. The topological polar surface area (TPSA) is 72.2 Å². The quantitative estimate of drug-likeness (QED) is 0.860. The lowest BCUT2D eigenvalue weighted by Crippen LogP contribution is -2.18. The van der Waals surface area contributed by atoms with Gasteiger partial charge in [-0.3, -0.25) is 4.79 Å². The summed E-state index contributed by atoms with van der Waals surface area (Å²) < 4.78 is 5.83. The van der Waals surface area contributed by atoms with Crippen LogP contribution in [-0.4, -0.2) is 20.0 Å². The van der Waals surface area contributed by atoms with E-state index in [2.05, 4.69) is 4.37 Å². The molecule has 0 saturated carbocycles. The first-order valence-corrected chi connectivity index (χ1v) is 5.56. The third-order valence-corrected chi connectivity index (χ3v) is 3.41. The first-order valence-electron chi connectivity index (χ1n) is 4.79. The van der Waals surface area contributed by atoms with Crippen molar-refractivity contribution in [1.29, 1.82) is 0 Å². The molecule has 2 aromatic heterocycles. The molecule has 2 rings (SSSR count). The summed E-state index contributed by atoms with van der Waals surface area (Å²) in [6.07, 6.45) is 1.38. The molecule has 0 bridgehead atoms. The third kappa shape index (κ3) is 1.42. The van der Waals surface area contributed by atoms with Gasteiger partial charge >= 0.3 is 5.97 Å². The average Bonchev–Trinajstić information content (AvgIpc) is 2.62. The number of fused-ring (bicyclic) bond motifs is 1. The summed E-state index contributed by atoms with van der Waals surface area (Å²) in [7, 11) is 0. The van der Waals surface area contributed by atoms with Crippen molar-refractivity contribution in [3.63, 3.8) is 0 Å². The molecule has 0 fully saturated rings. The lowest BCUT2D eigenvalue weighted by atomic mass is 10.2. The van der Waals surface area contributed by atoms with Gasteiger partial charge < -0.3 is 9.67 Å². The minimum atomic E-state index is -1.19. The fraction of sp³-hybridized carbons (Fsp3) is 0.300. The first-order chi connectivity index (χ1) is 7.56. The number of aromatic nitrogens is 2. The zero-order valence-electron chi connectivity index (χ0n) is 8.85. The number of aryl methyl sites for hydroxylation is 2. The van der Waals surface area contributed by atoms with Crippen LogP contribution in [0.5, 0.6) is 0 Å².